The molecule has 4 aromatic rings. The van der Waals surface area contributed by atoms with Crippen LogP contribution in [0, 0.1) is 11.7 Å². The van der Waals surface area contributed by atoms with Crippen molar-refractivity contribution < 1.29 is 18.7 Å². The minimum absolute atomic E-state index is 0.256. The molecule has 9 heteroatoms. The molecule has 6 rings (SSSR count). The maximum atomic E-state index is 14.5. The summed E-state index contributed by atoms with van der Waals surface area (Å²) in [5, 5.41) is 4.59. The Balaban J connectivity index is 1.23. The molecule has 2 aliphatic rings. The number of fused-ring (bicyclic) bond motifs is 1. The third-order valence-corrected chi connectivity index (χ3v) is 7.55. The third kappa shape index (κ3) is 5.70. The zero-order valence-corrected chi connectivity index (χ0v) is 22.5. The minimum Gasteiger partial charge on any atom is -0.438 e. The third-order valence-electron chi connectivity index (χ3n) is 7.55. The Hall–Kier alpha value is -4.24. The number of amides is 1. The molecule has 0 aliphatic carbocycles. The van der Waals surface area contributed by atoms with Crippen molar-refractivity contribution in [2.24, 2.45) is 5.92 Å². The SMILES string of the molecule is CC1CCN(c2nccc(Oc3ccc(NC(=O)c4cc(F)cc(N5CCOCC5)c4)c4ccccc34)n2)CC1. The van der Waals surface area contributed by atoms with Gasteiger partial charge in [0.25, 0.3) is 5.91 Å². The standard InChI is InChI=1S/C31H32FN5O3/c1-21-9-12-37(13-10-21)31-33-11-8-29(35-31)40-28-7-6-27(25-4-2-3-5-26(25)28)34-30(38)22-18-23(32)20-24(19-22)36-14-16-39-17-15-36/h2-8,11,18-21H,9-10,12-17H2,1H3,(H,34,38). The molecule has 3 aromatic carbocycles. The molecular formula is C31H32FN5O3. The Morgan fingerprint density at radius 1 is 0.975 bits per heavy atom. The smallest absolute Gasteiger partial charge is 0.255 e. The highest BCUT2D eigenvalue weighted by atomic mass is 19.1. The Kier molecular flexibility index (Phi) is 7.46. The monoisotopic (exact) mass is 541 g/mol. The van der Waals surface area contributed by atoms with Crippen molar-refractivity contribution in [2.75, 3.05) is 54.5 Å². The number of carbonyl (C=O) groups excluding carboxylic acids is 1. The molecule has 1 aromatic heterocycles. The first-order valence-electron chi connectivity index (χ1n) is 13.8. The number of anilines is 3. The van der Waals surface area contributed by atoms with Crippen molar-refractivity contribution in [3.8, 4) is 11.6 Å². The van der Waals surface area contributed by atoms with Crippen molar-refractivity contribution in [2.45, 2.75) is 19.8 Å². The highest BCUT2D eigenvalue weighted by Crippen LogP contribution is 2.35. The number of nitrogens with one attached hydrogen (secondary N) is 1. The van der Waals surface area contributed by atoms with Gasteiger partial charge in [0.2, 0.25) is 11.8 Å². The molecule has 206 valence electrons. The van der Waals surface area contributed by atoms with Gasteiger partial charge in [-0.15, -0.1) is 0 Å². The second-order valence-corrected chi connectivity index (χ2v) is 10.4. The lowest BCUT2D eigenvalue weighted by molar-refractivity contribution is 0.102. The van der Waals surface area contributed by atoms with Crippen LogP contribution < -0.4 is 19.9 Å². The fraction of sp³-hybridized carbons (Fsp3) is 0.323. The van der Waals surface area contributed by atoms with Gasteiger partial charge >= 0.3 is 0 Å². The Labute approximate surface area is 232 Å². The molecule has 2 fully saturated rings. The molecule has 2 aliphatic heterocycles. The molecule has 2 saturated heterocycles. The highest BCUT2D eigenvalue weighted by molar-refractivity contribution is 6.10. The molecule has 40 heavy (non-hydrogen) atoms. The van der Waals surface area contributed by atoms with Crippen molar-refractivity contribution in [1.82, 2.24) is 9.97 Å². The van der Waals surface area contributed by atoms with Gasteiger partial charge in [0.1, 0.15) is 11.6 Å². The van der Waals surface area contributed by atoms with Crippen LogP contribution in [0.25, 0.3) is 10.8 Å². The van der Waals surface area contributed by atoms with E-state index in [-0.39, 0.29) is 11.5 Å². The van der Waals surface area contributed by atoms with Crippen LogP contribution in [-0.2, 0) is 4.74 Å². The van der Waals surface area contributed by atoms with E-state index in [4.69, 9.17) is 9.47 Å². The van der Waals surface area contributed by atoms with Crippen LogP contribution in [0.2, 0.25) is 0 Å². The second kappa shape index (κ2) is 11.5. The number of nitrogens with zero attached hydrogens (tertiary/aromatic N) is 4. The van der Waals surface area contributed by atoms with E-state index in [1.165, 1.54) is 12.1 Å². The van der Waals surface area contributed by atoms with Crippen LogP contribution in [0.3, 0.4) is 0 Å². The van der Waals surface area contributed by atoms with Crippen LogP contribution in [0.1, 0.15) is 30.1 Å². The van der Waals surface area contributed by atoms with Crippen molar-refractivity contribution >= 4 is 34.0 Å². The molecule has 1 amide bonds. The van der Waals surface area contributed by atoms with Gasteiger partial charge in [-0.25, -0.2) is 9.37 Å². The normalized spacial score (nSPS) is 16.2. The van der Waals surface area contributed by atoms with E-state index < -0.39 is 5.82 Å². The van der Waals surface area contributed by atoms with E-state index in [1.54, 1.807) is 24.4 Å². The number of benzene rings is 3. The van der Waals surface area contributed by atoms with Gasteiger partial charge in [0.15, 0.2) is 0 Å². The fourth-order valence-electron chi connectivity index (χ4n) is 5.24. The van der Waals surface area contributed by atoms with Crippen LogP contribution in [-0.4, -0.2) is 55.3 Å². The summed E-state index contributed by atoms with van der Waals surface area (Å²) in [5.41, 5.74) is 1.54. The number of rotatable bonds is 6. The lowest BCUT2D eigenvalue weighted by Crippen LogP contribution is -2.36. The lowest BCUT2D eigenvalue weighted by Gasteiger charge is -2.30. The van der Waals surface area contributed by atoms with Gasteiger partial charge < -0.3 is 24.6 Å². The average Bonchev–Trinajstić information content (AvgIpc) is 2.99. The van der Waals surface area contributed by atoms with E-state index >= 15 is 0 Å². The Morgan fingerprint density at radius 3 is 2.55 bits per heavy atom. The number of piperidine rings is 1. The molecule has 8 nitrogen and oxygen atoms in total. The minimum atomic E-state index is -0.453. The lowest BCUT2D eigenvalue weighted by atomic mass is 10.00. The number of carbonyl (C=O) groups is 1. The average molecular weight is 542 g/mol. The second-order valence-electron chi connectivity index (χ2n) is 10.4. The Bertz CT molecular complexity index is 1520. The molecule has 0 spiro atoms. The van der Waals surface area contributed by atoms with Crippen molar-refractivity contribution in [3.05, 3.63) is 78.2 Å². The summed E-state index contributed by atoms with van der Waals surface area (Å²) < 4.78 is 26.1. The summed E-state index contributed by atoms with van der Waals surface area (Å²) in [5.74, 6) is 1.62. The van der Waals surface area contributed by atoms with Gasteiger partial charge in [-0.3, -0.25) is 4.79 Å². The van der Waals surface area contributed by atoms with E-state index in [0.717, 1.165) is 36.7 Å². The zero-order valence-electron chi connectivity index (χ0n) is 22.5. The van der Waals surface area contributed by atoms with E-state index in [2.05, 4.69) is 27.1 Å². The zero-order chi connectivity index (χ0) is 27.5. The molecule has 0 saturated carbocycles. The first kappa shape index (κ1) is 26.0. The Morgan fingerprint density at radius 2 is 1.75 bits per heavy atom. The maximum absolute atomic E-state index is 14.5. The first-order valence-corrected chi connectivity index (χ1v) is 13.8. The molecule has 0 radical (unpaired) electrons. The van der Waals surface area contributed by atoms with Crippen molar-refractivity contribution in [1.29, 1.82) is 0 Å². The largest absolute Gasteiger partial charge is 0.438 e. The van der Waals surface area contributed by atoms with Gasteiger partial charge in [-0.05, 0) is 49.1 Å². The molecule has 1 N–H and O–H groups in total. The predicted molar refractivity (Wildman–Crippen MR) is 154 cm³/mol. The molecular weight excluding hydrogens is 509 g/mol. The molecule has 0 unspecified atom stereocenters. The summed E-state index contributed by atoms with van der Waals surface area (Å²) in [6.07, 6.45) is 3.96. The van der Waals surface area contributed by atoms with Gasteiger partial charge in [-0.1, -0.05) is 31.2 Å². The van der Waals surface area contributed by atoms with Gasteiger partial charge in [-0.2, -0.15) is 4.98 Å². The van der Waals surface area contributed by atoms with Gasteiger partial charge in [0.05, 0.1) is 13.2 Å². The number of hydrogen-bond acceptors (Lipinski definition) is 7. The van der Waals surface area contributed by atoms with E-state index in [1.807, 2.05) is 35.2 Å². The summed E-state index contributed by atoms with van der Waals surface area (Å²) in [6.45, 7) is 6.60. The number of aromatic nitrogens is 2. The number of hydrogen-bond donors (Lipinski definition) is 1. The first-order chi connectivity index (χ1) is 19.5. The maximum Gasteiger partial charge on any atom is 0.255 e. The van der Waals surface area contributed by atoms with Crippen molar-refractivity contribution in [3.63, 3.8) is 0 Å². The van der Waals surface area contributed by atoms with E-state index in [0.29, 0.717) is 61.2 Å². The van der Waals surface area contributed by atoms with Crippen LogP contribution >= 0.6 is 0 Å². The fourth-order valence-corrected chi connectivity index (χ4v) is 5.24. The highest BCUT2D eigenvalue weighted by Gasteiger charge is 2.20. The van der Waals surface area contributed by atoms with Crippen LogP contribution in [0.5, 0.6) is 11.6 Å². The quantitative estimate of drug-likeness (QED) is 0.326. The molecule has 0 bridgehead atoms. The van der Waals surface area contributed by atoms with E-state index in [9.17, 15) is 9.18 Å². The van der Waals surface area contributed by atoms with Crippen LogP contribution in [0.15, 0.2) is 66.9 Å². The number of morpholine rings is 1. The summed E-state index contributed by atoms with van der Waals surface area (Å²) in [6, 6.07) is 17.5. The predicted octanol–water partition coefficient (Wildman–Crippen LogP) is 5.89. The summed E-state index contributed by atoms with van der Waals surface area (Å²) in [7, 11) is 0. The number of ether oxygens (including phenoxy) is 2. The van der Waals surface area contributed by atoms with Gasteiger partial charge in [0, 0.05) is 66.2 Å². The topological polar surface area (TPSA) is 79.8 Å². The summed E-state index contributed by atoms with van der Waals surface area (Å²) >= 11 is 0. The molecule has 0 atom stereocenters. The molecule has 3 heterocycles. The summed E-state index contributed by atoms with van der Waals surface area (Å²) in [4.78, 5) is 26.6. The van der Waals surface area contributed by atoms with Crippen LogP contribution in [0.4, 0.5) is 21.7 Å². The number of halogens is 1.